The second kappa shape index (κ2) is 9.65. The van der Waals surface area contributed by atoms with Crippen LogP contribution in [-0.2, 0) is 6.18 Å². The maximum absolute atomic E-state index is 13.6. The van der Waals surface area contributed by atoms with Gasteiger partial charge in [0.25, 0.3) is 5.91 Å². The summed E-state index contributed by atoms with van der Waals surface area (Å²) in [7, 11) is 0. The molecule has 180 valence electrons. The Balaban J connectivity index is 1.54. The van der Waals surface area contributed by atoms with Gasteiger partial charge < -0.3 is 10.2 Å². The van der Waals surface area contributed by atoms with E-state index in [-0.39, 0.29) is 36.2 Å². The summed E-state index contributed by atoms with van der Waals surface area (Å²) < 4.78 is 51.7. The van der Waals surface area contributed by atoms with Crippen molar-refractivity contribution in [3.05, 3.63) is 58.7 Å². The third-order valence-corrected chi connectivity index (χ3v) is 6.89. The number of nitrogens with zero attached hydrogens (tertiary/aromatic N) is 4. The minimum Gasteiger partial charge on any atom is -0.352 e. The van der Waals surface area contributed by atoms with Gasteiger partial charge in [-0.2, -0.15) is 13.2 Å². The summed E-state index contributed by atoms with van der Waals surface area (Å²) >= 11 is 1.37. The number of aryl methyl sites for hydroxylation is 1. The zero-order valence-corrected chi connectivity index (χ0v) is 19.4. The van der Waals surface area contributed by atoms with Crippen molar-refractivity contribution in [2.24, 2.45) is 5.92 Å². The number of aromatic nitrogens is 3. The minimum atomic E-state index is -4.51. The summed E-state index contributed by atoms with van der Waals surface area (Å²) in [5, 5.41) is 3.70. The maximum atomic E-state index is 13.6. The van der Waals surface area contributed by atoms with E-state index in [1.807, 2.05) is 13.8 Å². The standard InChI is InChI=1S/C23H23F4N5OS/c1-13-4-3-9-32(18(13)12-30-22-28-10-16(11-29-22)23(25,26)27)21(33)19-20(34-14(2)31-19)15-5-7-17(24)8-6-15/h5-8,10-11,13,18H,3-4,9,12H2,1-2H3,(H,28,29,30)/t13?,18-/m1/s1. The first-order valence-electron chi connectivity index (χ1n) is 10.8. The fraction of sp³-hybridized carbons (Fsp3) is 0.391. The summed E-state index contributed by atoms with van der Waals surface area (Å²) in [5.41, 5.74) is 0.111. The predicted octanol–water partition coefficient (Wildman–Crippen LogP) is 5.42. The molecule has 2 aromatic heterocycles. The Kier molecular flexibility index (Phi) is 6.83. The van der Waals surface area contributed by atoms with Crippen molar-refractivity contribution in [1.29, 1.82) is 0 Å². The van der Waals surface area contributed by atoms with Crippen molar-refractivity contribution in [2.45, 2.75) is 38.9 Å². The van der Waals surface area contributed by atoms with Crippen LogP contribution in [0.3, 0.4) is 0 Å². The molecule has 3 aromatic rings. The third kappa shape index (κ3) is 5.19. The number of halogens is 4. The molecule has 11 heteroatoms. The maximum Gasteiger partial charge on any atom is 0.419 e. The number of anilines is 1. The zero-order valence-electron chi connectivity index (χ0n) is 18.6. The molecule has 0 bridgehead atoms. The molecule has 1 unspecified atom stereocenters. The van der Waals surface area contributed by atoms with Gasteiger partial charge >= 0.3 is 6.18 Å². The van der Waals surface area contributed by atoms with E-state index in [1.54, 1.807) is 17.0 Å². The van der Waals surface area contributed by atoms with E-state index in [0.717, 1.165) is 30.2 Å². The second-order valence-corrected chi connectivity index (χ2v) is 9.48. The number of amides is 1. The van der Waals surface area contributed by atoms with E-state index in [0.29, 0.717) is 22.7 Å². The Morgan fingerprint density at radius 3 is 2.53 bits per heavy atom. The summed E-state index contributed by atoms with van der Waals surface area (Å²) in [4.78, 5) is 28.0. The number of thiazole rings is 1. The van der Waals surface area contributed by atoms with Crippen LogP contribution in [0.2, 0.25) is 0 Å². The quantitative estimate of drug-likeness (QED) is 0.481. The summed E-state index contributed by atoms with van der Waals surface area (Å²) in [6.07, 6.45) is -1.31. The molecule has 4 rings (SSSR count). The number of hydrogen-bond donors (Lipinski definition) is 1. The van der Waals surface area contributed by atoms with Gasteiger partial charge in [-0.3, -0.25) is 4.79 Å². The van der Waals surface area contributed by atoms with Crippen LogP contribution in [0.4, 0.5) is 23.5 Å². The van der Waals surface area contributed by atoms with Crippen molar-refractivity contribution in [2.75, 3.05) is 18.4 Å². The predicted molar refractivity (Wildman–Crippen MR) is 121 cm³/mol. The Bertz CT molecular complexity index is 1150. The van der Waals surface area contributed by atoms with Gasteiger partial charge in [-0.25, -0.2) is 19.3 Å². The largest absolute Gasteiger partial charge is 0.419 e. The molecule has 34 heavy (non-hydrogen) atoms. The van der Waals surface area contributed by atoms with Crippen molar-refractivity contribution in [3.8, 4) is 10.4 Å². The third-order valence-electron chi connectivity index (χ3n) is 5.87. The van der Waals surface area contributed by atoms with E-state index >= 15 is 0 Å². The van der Waals surface area contributed by atoms with E-state index in [2.05, 4.69) is 20.3 Å². The molecular weight excluding hydrogens is 470 g/mol. The average Bonchev–Trinajstić information content (AvgIpc) is 3.19. The molecule has 1 saturated heterocycles. The van der Waals surface area contributed by atoms with E-state index in [1.165, 1.54) is 23.5 Å². The monoisotopic (exact) mass is 493 g/mol. The molecule has 0 radical (unpaired) electrons. The van der Waals surface area contributed by atoms with Gasteiger partial charge in [-0.15, -0.1) is 11.3 Å². The summed E-state index contributed by atoms with van der Waals surface area (Å²) in [5.74, 6) is -0.377. The Labute approximate surface area is 198 Å². The van der Waals surface area contributed by atoms with Crippen LogP contribution in [-0.4, -0.2) is 44.9 Å². The molecule has 1 aliphatic rings. The van der Waals surface area contributed by atoms with Crippen LogP contribution < -0.4 is 5.32 Å². The molecule has 1 N–H and O–H groups in total. The normalized spacial score (nSPS) is 18.7. The number of alkyl halides is 3. The fourth-order valence-electron chi connectivity index (χ4n) is 4.08. The smallest absolute Gasteiger partial charge is 0.352 e. The van der Waals surface area contributed by atoms with E-state index in [4.69, 9.17) is 0 Å². The van der Waals surface area contributed by atoms with Crippen molar-refractivity contribution < 1.29 is 22.4 Å². The number of piperidine rings is 1. The van der Waals surface area contributed by atoms with Crippen molar-refractivity contribution in [3.63, 3.8) is 0 Å². The molecule has 1 aliphatic heterocycles. The molecule has 0 aliphatic carbocycles. The highest BCUT2D eigenvalue weighted by Gasteiger charge is 2.35. The first kappa shape index (κ1) is 24.1. The molecule has 0 spiro atoms. The van der Waals surface area contributed by atoms with Gasteiger partial charge in [0.15, 0.2) is 0 Å². The van der Waals surface area contributed by atoms with Gasteiger partial charge in [-0.05, 0) is 43.4 Å². The number of carbonyl (C=O) groups is 1. The highest BCUT2D eigenvalue weighted by Crippen LogP contribution is 2.33. The number of benzene rings is 1. The number of rotatable bonds is 5. The lowest BCUT2D eigenvalue weighted by molar-refractivity contribution is -0.138. The molecule has 2 atom stereocenters. The van der Waals surface area contributed by atoms with Crippen LogP contribution >= 0.6 is 11.3 Å². The second-order valence-electron chi connectivity index (χ2n) is 8.28. The van der Waals surface area contributed by atoms with Crippen LogP contribution in [0.5, 0.6) is 0 Å². The minimum absolute atomic E-state index is 0.0645. The molecule has 1 amide bonds. The van der Waals surface area contributed by atoms with Crippen LogP contribution in [0.15, 0.2) is 36.7 Å². The Hall–Kier alpha value is -3.08. The fourth-order valence-corrected chi connectivity index (χ4v) is 4.99. The highest BCUT2D eigenvalue weighted by molar-refractivity contribution is 7.15. The Morgan fingerprint density at radius 2 is 1.88 bits per heavy atom. The van der Waals surface area contributed by atoms with Crippen LogP contribution in [0, 0.1) is 18.7 Å². The lowest BCUT2D eigenvalue weighted by atomic mass is 9.90. The van der Waals surface area contributed by atoms with Crippen molar-refractivity contribution in [1.82, 2.24) is 19.9 Å². The number of hydrogen-bond acceptors (Lipinski definition) is 6. The van der Waals surface area contributed by atoms with Gasteiger partial charge in [-0.1, -0.05) is 19.1 Å². The summed E-state index contributed by atoms with van der Waals surface area (Å²) in [6.45, 7) is 4.66. The Morgan fingerprint density at radius 1 is 1.21 bits per heavy atom. The first-order chi connectivity index (χ1) is 16.1. The number of nitrogens with one attached hydrogen (secondary N) is 1. The number of carbonyl (C=O) groups excluding carboxylic acids is 1. The lowest BCUT2D eigenvalue weighted by Gasteiger charge is -2.40. The van der Waals surface area contributed by atoms with E-state index < -0.39 is 11.7 Å². The topological polar surface area (TPSA) is 71.0 Å². The van der Waals surface area contributed by atoms with E-state index in [9.17, 15) is 22.4 Å². The molecule has 1 fully saturated rings. The summed E-state index contributed by atoms with van der Waals surface area (Å²) in [6, 6.07) is 5.71. The molecule has 0 saturated carbocycles. The molecule has 3 heterocycles. The first-order valence-corrected chi connectivity index (χ1v) is 11.6. The van der Waals surface area contributed by atoms with Crippen LogP contribution in [0.1, 0.15) is 40.8 Å². The van der Waals surface area contributed by atoms with Gasteiger partial charge in [0.1, 0.15) is 11.5 Å². The zero-order chi connectivity index (χ0) is 24.5. The van der Waals surface area contributed by atoms with Crippen molar-refractivity contribution >= 4 is 23.2 Å². The lowest BCUT2D eigenvalue weighted by Crippen LogP contribution is -2.51. The van der Waals surface area contributed by atoms with Crippen LogP contribution in [0.25, 0.3) is 10.4 Å². The van der Waals surface area contributed by atoms with Gasteiger partial charge in [0.05, 0.1) is 21.5 Å². The highest BCUT2D eigenvalue weighted by atomic mass is 32.1. The van der Waals surface area contributed by atoms with Gasteiger partial charge in [0, 0.05) is 25.5 Å². The SMILES string of the molecule is Cc1nc(C(=O)N2CCCC(C)[C@H]2CNc2ncc(C(F)(F)F)cn2)c(-c2ccc(F)cc2)s1. The number of likely N-dealkylation sites (tertiary alicyclic amines) is 1. The average molecular weight is 494 g/mol. The molecule has 1 aromatic carbocycles. The molecule has 6 nitrogen and oxygen atoms in total. The molecular formula is C23H23F4N5OS. The van der Waals surface area contributed by atoms with Gasteiger partial charge in [0.2, 0.25) is 5.95 Å².